The number of benzene rings is 1. The molecule has 0 aliphatic heterocycles. The molecule has 0 saturated carbocycles. The molecule has 4 unspecified atom stereocenters. The van der Waals surface area contributed by atoms with Gasteiger partial charge < -0.3 is 42.6 Å². The SMILES string of the molecule is CC(C)CC(NC(=O)C(CC(=O)O)NC(=O)C(N)Cc1c[nH]c2ccccc12)C(=O)NC(CCC(N)=O)C(=O)O. The van der Waals surface area contributed by atoms with Gasteiger partial charge in [-0.15, -0.1) is 0 Å². The van der Waals surface area contributed by atoms with Crippen molar-refractivity contribution < 1.29 is 39.0 Å². The fourth-order valence-electron chi connectivity index (χ4n) is 4.08. The highest BCUT2D eigenvalue weighted by Gasteiger charge is 2.32. The third kappa shape index (κ3) is 9.69. The number of nitrogens with two attached hydrogens (primary N) is 2. The van der Waals surface area contributed by atoms with E-state index < -0.39 is 66.2 Å². The zero-order chi connectivity index (χ0) is 30.0. The maximum absolute atomic E-state index is 13.1. The van der Waals surface area contributed by atoms with Gasteiger partial charge >= 0.3 is 11.9 Å². The fourth-order valence-corrected chi connectivity index (χ4v) is 4.08. The smallest absolute Gasteiger partial charge is 0.326 e. The summed E-state index contributed by atoms with van der Waals surface area (Å²) in [4.78, 5) is 75.9. The van der Waals surface area contributed by atoms with Gasteiger partial charge in [-0.25, -0.2) is 4.79 Å². The zero-order valence-electron chi connectivity index (χ0n) is 22.3. The first-order valence-corrected chi connectivity index (χ1v) is 12.7. The lowest BCUT2D eigenvalue weighted by Crippen LogP contribution is -2.57. The summed E-state index contributed by atoms with van der Waals surface area (Å²) in [5, 5.41) is 26.6. The third-order valence-electron chi connectivity index (χ3n) is 6.10. The van der Waals surface area contributed by atoms with Crippen molar-refractivity contribution in [3.05, 3.63) is 36.0 Å². The van der Waals surface area contributed by atoms with Crippen molar-refractivity contribution in [2.75, 3.05) is 0 Å². The number of amides is 4. The minimum atomic E-state index is -1.56. The van der Waals surface area contributed by atoms with Gasteiger partial charge in [0.2, 0.25) is 23.6 Å². The average molecular weight is 561 g/mol. The summed E-state index contributed by atoms with van der Waals surface area (Å²) in [5.74, 6) is -6.24. The lowest BCUT2D eigenvalue weighted by molar-refractivity contribution is -0.143. The molecule has 0 spiro atoms. The highest BCUT2D eigenvalue weighted by atomic mass is 16.4. The van der Waals surface area contributed by atoms with Crippen LogP contribution in [0.2, 0.25) is 0 Å². The molecule has 40 heavy (non-hydrogen) atoms. The van der Waals surface area contributed by atoms with E-state index in [-0.39, 0.29) is 31.6 Å². The Morgan fingerprint density at radius 3 is 2.10 bits per heavy atom. The van der Waals surface area contributed by atoms with E-state index in [1.807, 2.05) is 24.3 Å². The Hall–Kier alpha value is -4.46. The van der Waals surface area contributed by atoms with Crippen LogP contribution < -0.4 is 27.4 Å². The molecule has 0 bridgehead atoms. The number of carbonyl (C=O) groups excluding carboxylic acids is 4. The van der Waals surface area contributed by atoms with Crippen LogP contribution in [0.5, 0.6) is 0 Å². The molecule has 4 amide bonds. The van der Waals surface area contributed by atoms with Crippen LogP contribution in [0.4, 0.5) is 0 Å². The summed E-state index contributed by atoms with van der Waals surface area (Å²) >= 11 is 0. The largest absolute Gasteiger partial charge is 0.481 e. The predicted octanol–water partition coefficient (Wildman–Crippen LogP) is -0.637. The number of primary amides is 1. The van der Waals surface area contributed by atoms with Crippen molar-refractivity contribution in [3.8, 4) is 0 Å². The van der Waals surface area contributed by atoms with Gasteiger partial charge in [0.05, 0.1) is 12.5 Å². The van der Waals surface area contributed by atoms with Gasteiger partial charge in [0, 0.05) is 23.5 Å². The van der Waals surface area contributed by atoms with Crippen molar-refractivity contribution >= 4 is 46.5 Å². The maximum atomic E-state index is 13.1. The number of carboxylic acids is 2. The van der Waals surface area contributed by atoms with Crippen molar-refractivity contribution in [2.45, 2.75) is 70.1 Å². The number of aromatic nitrogens is 1. The second-order valence-corrected chi connectivity index (χ2v) is 9.92. The van der Waals surface area contributed by atoms with Crippen LogP contribution in [0.3, 0.4) is 0 Å². The minimum absolute atomic E-state index is 0.0769. The summed E-state index contributed by atoms with van der Waals surface area (Å²) in [6.07, 6.45) is 0.561. The molecule has 218 valence electrons. The number of carboxylic acid groups (broad SMARTS) is 2. The molecule has 2 aromatic rings. The molecule has 4 atom stereocenters. The number of rotatable bonds is 16. The molecule has 14 nitrogen and oxygen atoms in total. The quantitative estimate of drug-likeness (QED) is 0.130. The molecule has 0 fully saturated rings. The van der Waals surface area contributed by atoms with Crippen LogP contribution in [0.1, 0.15) is 45.1 Å². The molecule has 0 radical (unpaired) electrons. The van der Waals surface area contributed by atoms with Crippen LogP contribution >= 0.6 is 0 Å². The van der Waals surface area contributed by atoms with Gasteiger partial charge in [0.15, 0.2) is 0 Å². The van der Waals surface area contributed by atoms with Gasteiger partial charge in [0.25, 0.3) is 0 Å². The fraction of sp³-hybridized carbons (Fsp3) is 0.462. The van der Waals surface area contributed by atoms with Gasteiger partial charge in [-0.1, -0.05) is 32.0 Å². The molecule has 10 N–H and O–H groups in total. The van der Waals surface area contributed by atoms with Crippen LogP contribution in [-0.2, 0) is 35.2 Å². The number of nitrogens with one attached hydrogen (secondary N) is 4. The Bertz CT molecular complexity index is 1240. The maximum Gasteiger partial charge on any atom is 0.326 e. The molecular weight excluding hydrogens is 524 g/mol. The van der Waals surface area contributed by atoms with E-state index in [4.69, 9.17) is 11.5 Å². The number of hydrogen-bond acceptors (Lipinski definition) is 7. The standard InChI is InChI=1S/C26H36N6O8/c1-13(2)9-19(24(37)30-18(26(39)40)7-8-21(28)33)32-25(38)20(11-22(34)35)31-23(36)16(27)10-14-12-29-17-6-4-3-5-15(14)17/h3-6,12-13,16,18-20,29H,7-11,27H2,1-2H3,(H2,28,33)(H,30,37)(H,31,36)(H,32,38)(H,34,35)(H,39,40). The van der Waals surface area contributed by atoms with E-state index in [2.05, 4.69) is 20.9 Å². The Morgan fingerprint density at radius 2 is 1.50 bits per heavy atom. The molecular formula is C26H36N6O8. The molecule has 1 aromatic heterocycles. The van der Waals surface area contributed by atoms with E-state index in [1.54, 1.807) is 20.0 Å². The molecule has 1 aromatic carbocycles. The summed E-state index contributed by atoms with van der Waals surface area (Å²) in [5.41, 5.74) is 12.7. The zero-order valence-corrected chi connectivity index (χ0v) is 22.3. The summed E-state index contributed by atoms with van der Waals surface area (Å²) in [7, 11) is 0. The first kappa shape index (κ1) is 31.8. The van der Waals surface area contributed by atoms with Gasteiger partial charge in [0.1, 0.15) is 18.1 Å². The summed E-state index contributed by atoms with van der Waals surface area (Å²) < 4.78 is 0. The molecule has 0 aliphatic carbocycles. The highest BCUT2D eigenvalue weighted by molar-refractivity contribution is 5.96. The highest BCUT2D eigenvalue weighted by Crippen LogP contribution is 2.19. The summed E-state index contributed by atoms with van der Waals surface area (Å²) in [6, 6.07) is 2.02. The van der Waals surface area contributed by atoms with Crippen molar-refractivity contribution in [3.63, 3.8) is 0 Å². The van der Waals surface area contributed by atoms with E-state index in [9.17, 15) is 39.0 Å². The number of aromatic amines is 1. The van der Waals surface area contributed by atoms with E-state index in [1.165, 1.54) is 0 Å². The molecule has 0 saturated heterocycles. The number of aliphatic carboxylic acids is 2. The Morgan fingerprint density at radius 1 is 0.900 bits per heavy atom. The Labute approximate surface area is 230 Å². The van der Waals surface area contributed by atoms with E-state index >= 15 is 0 Å². The topological polar surface area (TPSA) is 247 Å². The number of carbonyl (C=O) groups is 6. The molecule has 14 heteroatoms. The monoisotopic (exact) mass is 560 g/mol. The Kier molecular flexibility index (Phi) is 11.6. The lowest BCUT2D eigenvalue weighted by atomic mass is 10.0. The first-order valence-electron chi connectivity index (χ1n) is 12.7. The second-order valence-electron chi connectivity index (χ2n) is 9.92. The van der Waals surface area contributed by atoms with E-state index in [0.29, 0.717) is 0 Å². The molecule has 1 heterocycles. The van der Waals surface area contributed by atoms with Gasteiger partial charge in [-0.3, -0.25) is 24.0 Å². The molecule has 2 rings (SSSR count). The number of para-hydroxylation sites is 1. The first-order chi connectivity index (χ1) is 18.8. The third-order valence-corrected chi connectivity index (χ3v) is 6.10. The van der Waals surface area contributed by atoms with Crippen LogP contribution in [0, 0.1) is 5.92 Å². The average Bonchev–Trinajstić information content (AvgIpc) is 3.27. The lowest BCUT2D eigenvalue weighted by Gasteiger charge is -2.25. The molecule has 0 aliphatic rings. The van der Waals surface area contributed by atoms with Gasteiger partial charge in [-0.2, -0.15) is 0 Å². The van der Waals surface area contributed by atoms with Crippen LogP contribution in [-0.4, -0.2) is 74.9 Å². The van der Waals surface area contributed by atoms with Crippen molar-refractivity contribution in [1.29, 1.82) is 0 Å². The van der Waals surface area contributed by atoms with E-state index in [0.717, 1.165) is 16.5 Å². The number of fused-ring (bicyclic) bond motifs is 1. The van der Waals surface area contributed by atoms with Crippen LogP contribution in [0.15, 0.2) is 30.5 Å². The summed E-state index contributed by atoms with van der Waals surface area (Å²) in [6.45, 7) is 3.52. The normalized spacial score (nSPS) is 14.1. The van der Waals surface area contributed by atoms with Crippen LogP contribution in [0.25, 0.3) is 10.9 Å². The number of H-pyrrole nitrogens is 1. The van der Waals surface area contributed by atoms with Gasteiger partial charge in [-0.05, 0) is 36.8 Å². The minimum Gasteiger partial charge on any atom is -0.481 e. The predicted molar refractivity (Wildman–Crippen MR) is 144 cm³/mol. The van der Waals surface area contributed by atoms with Crippen molar-refractivity contribution in [1.82, 2.24) is 20.9 Å². The Balaban J connectivity index is 2.13. The number of hydrogen-bond donors (Lipinski definition) is 8. The second kappa shape index (κ2) is 14.6. The van der Waals surface area contributed by atoms with Crippen molar-refractivity contribution in [2.24, 2.45) is 17.4 Å².